The molecule has 0 atom stereocenters. The van der Waals surface area contributed by atoms with Crippen molar-refractivity contribution in [2.24, 2.45) is 0 Å². The van der Waals surface area contributed by atoms with E-state index in [1.807, 2.05) is 0 Å². The average molecular weight is 397 g/mol. The Bertz CT molecular complexity index is 1070. The minimum Gasteiger partial charge on any atom is -0.497 e. The van der Waals surface area contributed by atoms with Crippen LogP contribution < -0.4 is 9.46 Å². The van der Waals surface area contributed by atoms with Gasteiger partial charge in [0.2, 0.25) is 10.0 Å². The van der Waals surface area contributed by atoms with Crippen LogP contribution in [0, 0.1) is 0 Å². The molecule has 0 aliphatic heterocycles. The molecule has 0 saturated heterocycles. The lowest BCUT2D eigenvalue weighted by atomic mass is 10.00. The van der Waals surface area contributed by atoms with Crippen LogP contribution in [-0.2, 0) is 16.6 Å². The third-order valence-corrected chi connectivity index (χ3v) is 5.68. The summed E-state index contributed by atoms with van der Waals surface area (Å²) < 4.78 is 32.7. The summed E-state index contributed by atoms with van der Waals surface area (Å²) in [5, 5.41) is 9.31. The Morgan fingerprint density at radius 2 is 1.61 bits per heavy atom. The fourth-order valence-corrected chi connectivity index (χ4v) is 3.76. The van der Waals surface area contributed by atoms with Crippen molar-refractivity contribution < 1.29 is 23.1 Å². The van der Waals surface area contributed by atoms with Crippen LogP contribution in [0.1, 0.15) is 15.9 Å². The van der Waals surface area contributed by atoms with E-state index in [2.05, 4.69) is 4.72 Å². The van der Waals surface area contributed by atoms with Crippen molar-refractivity contribution in [2.75, 3.05) is 7.11 Å². The predicted molar refractivity (Wildman–Crippen MR) is 106 cm³/mol. The maximum absolute atomic E-state index is 12.5. The summed E-state index contributed by atoms with van der Waals surface area (Å²) in [6.07, 6.45) is 0. The van der Waals surface area contributed by atoms with Gasteiger partial charge in [-0.2, -0.15) is 0 Å². The second-order valence-electron chi connectivity index (χ2n) is 6.05. The summed E-state index contributed by atoms with van der Waals surface area (Å²) in [6.45, 7) is 0.149. The molecule has 0 radical (unpaired) electrons. The molecule has 28 heavy (non-hydrogen) atoms. The summed E-state index contributed by atoms with van der Waals surface area (Å²) >= 11 is 0. The number of hydrogen-bond donors (Lipinski definition) is 2. The number of carbonyl (C=O) groups is 1. The molecule has 0 amide bonds. The van der Waals surface area contributed by atoms with Gasteiger partial charge in [0.05, 0.1) is 17.6 Å². The fourth-order valence-electron chi connectivity index (χ4n) is 2.74. The van der Waals surface area contributed by atoms with Gasteiger partial charge < -0.3 is 9.84 Å². The molecule has 144 valence electrons. The lowest BCUT2D eigenvalue weighted by molar-refractivity contribution is 0.0697. The van der Waals surface area contributed by atoms with Gasteiger partial charge in [0, 0.05) is 6.54 Å². The van der Waals surface area contributed by atoms with Gasteiger partial charge in [-0.25, -0.2) is 17.9 Å². The summed E-state index contributed by atoms with van der Waals surface area (Å²) in [5.74, 6) is -0.336. The van der Waals surface area contributed by atoms with Crippen molar-refractivity contribution in [3.63, 3.8) is 0 Å². The van der Waals surface area contributed by atoms with Gasteiger partial charge >= 0.3 is 5.97 Å². The maximum atomic E-state index is 12.5. The van der Waals surface area contributed by atoms with Gasteiger partial charge in [0.25, 0.3) is 0 Å². The molecule has 3 aromatic carbocycles. The quantitative estimate of drug-likeness (QED) is 0.636. The number of methoxy groups -OCH3 is 1. The molecule has 0 aliphatic rings. The molecule has 0 heterocycles. The third kappa shape index (κ3) is 4.39. The van der Waals surface area contributed by atoms with Crippen LogP contribution in [0.25, 0.3) is 11.1 Å². The topological polar surface area (TPSA) is 92.7 Å². The van der Waals surface area contributed by atoms with Crippen molar-refractivity contribution in [1.29, 1.82) is 0 Å². The van der Waals surface area contributed by atoms with Crippen molar-refractivity contribution >= 4 is 16.0 Å². The third-order valence-electron chi connectivity index (χ3n) is 4.26. The monoisotopic (exact) mass is 397 g/mol. The highest BCUT2D eigenvalue weighted by Gasteiger charge is 2.15. The Hall–Kier alpha value is -3.16. The molecule has 0 aromatic heterocycles. The standard InChI is InChI=1S/C21H19NO5S/c1-27-17-10-6-15(7-11-17)14-22-28(25,26)18-12-8-16(9-13-18)19-4-2-3-5-20(19)21(23)24/h2-13,22H,14H2,1H3,(H,23,24). The first-order chi connectivity index (χ1) is 13.4. The molecular weight excluding hydrogens is 378 g/mol. The second kappa shape index (κ2) is 8.24. The van der Waals surface area contributed by atoms with Crippen LogP contribution in [0.3, 0.4) is 0 Å². The van der Waals surface area contributed by atoms with Crippen LogP contribution in [0.5, 0.6) is 5.75 Å². The number of sulfonamides is 1. The van der Waals surface area contributed by atoms with Gasteiger partial charge in [0.1, 0.15) is 5.75 Å². The number of rotatable bonds is 7. The summed E-state index contributed by atoms with van der Waals surface area (Å²) in [5.41, 5.74) is 2.13. The second-order valence-corrected chi connectivity index (χ2v) is 7.81. The predicted octanol–water partition coefficient (Wildman–Crippen LogP) is 3.54. The van der Waals surface area contributed by atoms with E-state index >= 15 is 0 Å². The SMILES string of the molecule is COc1ccc(CNS(=O)(=O)c2ccc(-c3ccccc3C(=O)O)cc2)cc1. The van der Waals surface area contributed by atoms with Crippen LogP contribution in [0.4, 0.5) is 0 Å². The zero-order valence-electron chi connectivity index (χ0n) is 15.1. The molecular formula is C21H19NO5S. The fraction of sp³-hybridized carbons (Fsp3) is 0.0952. The van der Waals surface area contributed by atoms with Crippen LogP contribution >= 0.6 is 0 Å². The van der Waals surface area contributed by atoms with E-state index < -0.39 is 16.0 Å². The van der Waals surface area contributed by atoms with Gasteiger partial charge in [-0.15, -0.1) is 0 Å². The lowest BCUT2D eigenvalue weighted by Gasteiger charge is -2.10. The number of benzene rings is 3. The van der Waals surface area contributed by atoms with Gasteiger partial charge in [-0.3, -0.25) is 0 Å². The molecule has 0 aliphatic carbocycles. The van der Waals surface area contributed by atoms with Crippen LogP contribution in [0.15, 0.2) is 77.7 Å². The van der Waals surface area contributed by atoms with Crippen molar-refractivity contribution in [1.82, 2.24) is 4.72 Å². The van der Waals surface area contributed by atoms with E-state index in [1.165, 1.54) is 18.2 Å². The first-order valence-corrected chi connectivity index (χ1v) is 9.94. The Morgan fingerprint density at radius 3 is 2.21 bits per heavy atom. The van der Waals surface area contributed by atoms with Crippen molar-refractivity contribution in [3.05, 3.63) is 83.9 Å². The maximum Gasteiger partial charge on any atom is 0.336 e. The number of aromatic carboxylic acids is 1. The molecule has 7 heteroatoms. The summed E-state index contributed by atoms with van der Waals surface area (Å²) in [4.78, 5) is 11.5. The molecule has 2 N–H and O–H groups in total. The lowest BCUT2D eigenvalue weighted by Crippen LogP contribution is -2.23. The van der Waals surface area contributed by atoms with Crippen molar-refractivity contribution in [2.45, 2.75) is 11.4 Å². The molecule has 0 spiro atoms. The number of ether oxygens (including phenoxy) is 1. The Balaban J connectivity index is 1.77. The van der Waals surface area contributed by atoms with Gasteiger partial charge in [-0.05, 0) is 47.0 Å². The Morgan fingerprint density at radius 1 is 0.964 bits per heavy atom. The van der Waals surface area contributed by atoms with E-state index in [0.717, 1.165) is 5.56 Å². The highest BCUT2D eigenvalue weighted by molar-refractivity contribution is 7.89. The Labute approximate surface area is 163 Å². The summed E-state index contributed by atoms with van der Waals surface area (Å²) in [6, 6.07) is 19.8. The molecule has 0 saturated carbocycles. The first kappa shape index (κ1) is 19.6. The highest BCUT2D eigenvalue weighted by atomic mass is 32.2. The van der Waals surface area contributed by atoms with Crippen LogP contribution in [-0.4, -0.2) is 26.6 Å². The van der Waals surface area contributed by atoms with E-state index in [4.69, 9.17) is 4.74 Å². The number of carboxylic acid groups (broad SMARTS) is 1. The molecule has 3 rings (SSSR count). The van der Waals surface area contributed by atoms with Crippen molar-refractivity contribution in [3.8, 4) is 16.9 Å². The molecule has 0 fully saturated rings. The molecule has 0 unspecified atom stereocenters. The van der Waals surface area contributed by atoms with Gasteiger partial charge in [0.15, 0.2) is 0 Å². The zero-order chi connectivity index (χ0) is 20.1. The number of nitrogens with one attached hydrogen (secondary N) is 1. The summed E-state index contributed by atoms with van der Waals surface area (Å²) in [7, 11) is -2.13. The van der Waals surface area contributed by atoms with E-state index in [9.17, 15) is 18.3 Å². The normalized spacial score (nSPS) is 11.2. The smallest absolute Gasteiger partial charge is 0.336 e. The average Bonchev–Trinajstić information content (AvgIpc) is 2.73. The van der Waals surface area contributed by atoms with Gasteiger partial charge in [-0.1, -0.05) is 42.5 Å². The highest BCUT2D eigenvalue weighted by Crippen LogP contribution is 2.25. The molecule has 6 nitrogen and oxygen atoms in total. The van der Waals surface area contributed by atoms with E-state index in [0.29, 0.717) is 16.9 Å². The first-order valence-electron chi connectivity index (χ1n) is 8.46. The Kier molecular flexibility index (Phi) is 5.77. The van der Waals surface area contributed by atoms with E-state index in [1.54, 1.807) is 61.7 Å². The molecule has 3 aromatic rings. The zero-order valence-corrected chi connectivity index (χ0v) is 15.9. The minimum atomic E-state index is -3.70. The van der Waals surface area contributed by atoms with E-state index in [-0.39, 0.29) is 17.0 Å². The number of hydrogen-bond acceptors (Lipinski definition) is 4. The van der Waals surface area contributed by atoms with Crippen LogP contribution in [0.2, 0.25) is 0 Å². The molecule has 0 bridgehead atoms. The largest absolute Gasteiger partial charge is 0.497 e. The number of carboxylic acids is 1. The minimum absolute atomic E-state index is 0.109.